The minimum absolute atomic E-state index is 0. The van der Waals surface area contributed by atoms with Crippen LogP contribution in [-0.4, -0.2) is 15.8 Å². The second-order valence-corrected chi connectivity index (χ2v) is 11.2. The fraction of sp³-hybridized carbons (Fsp3) is 0.400. The Morgan fingerprint density at radius 3 is 1.41 bits per heavy atom. The second kappa shape index (κ2) is 16.1. The third-order valence-corrected chi connectivity index (χ3v) is 6.49. The van der Waals surface area contributed by atoms with Crippen LogP contribution in [0, 0.1) is 0 Å². The van der Waals surface area contributed by atoms with Crippen molar-refractivity contribution < 1.29 is 10.1 Å². The quantitative estimate of drug-likeness (QED) is 0.235. The van der Waals surface area contributed by atoms with Crippen LogP contribution in [0.5, 0.6) is 5.75 Å². The first-order valence-electron chi connectivity index (χ1n) is 13.9. The van der Waals surface area contributed by atoms with Crippen molar-refractivity contribution in [1.82, 2.24) is 0 Å². The maximum Gasteiger partial charge on any atom is 2.00 e. The number of allylic oxidation sites excluding steroid dienone is 2. The van der Waals surface area contributed by atoms with E-state index in [4.69, 9.17) is 5.32 Å². The Balaban J connectivity index is 0.000000823. The summed E-state index contributed by atoms with van der Waals surface area (Å²) in [6.07, 6.45) is 2.17. The summed E-state index contributed by atoms with van der Waals surface area (Å²) >= 11 is 0. The Kier molecular flexibility index (Phi) is 13.9. The van der Waals surface area contributed by atoms with Gasteiger partial charge in [0.15, 0.2) is 5.71 Å². The molecule has 0 amide bonds. The molecule has 1 N–H and O–H groups in total. The van der Waals surface area contributed by atoms with Gasteiger partial charge in [0.2, 0.25) is 5.69 Å². The monoisotopic (exact) mass is 520 g/mol. The molecule has 0 atom stereocenters. The van der Waals surface area contributed by atoms with Crippen LogP contribution < -0.4 is 10.1 Å². The van der Waals surface area contributed by atoms with Crippen LogP contribution in [0.4, 0.5) is 11.4 Å². The number of benzene rings is 3. The predicted octanol–water partition coefficient (Wildman–Crippen LogP) is 8.34. The maximum atomic E-state index is 10.3. The number of nitrogens with one attached hydrogen (secondary N) is 1. The second-order valence-electron chi connectivity index (χ2n) is 11.2. The molecule has 0 heterocycles. The van der Waals surface area contributed by atoms with E-state index in [2.05, 4.69) is 117 Å². The normalized spacial score (nSPS) is 11.9. The van der Waals surface area contributed by atoms with Gasteiger partial charge in [-0.25, -0.2) is 4.99 Å². The van der Waals surface area contributed by atoms with Crippen molar-refractivity contribution in [2.24, 2.45) is 0 Å². The summed E-state index contributed by atoms with van der Waals surface area (Å²) in [7, 11) is 0. The molecule has 0 aliphatic carbocycles. The summed E-state index contributed by atoms with van der Waals surface area (Å²) in [6, 6.07) is 21.6. The predicted molar refractivity (Wildman–Crippen MR) is 169 cm³/mol. The average molecular weight is 521 g/mol. The van der Waals surface area contributed by atoms with Gasteiger partial charge in [0.25, 0.3) is 0 Å². The molecule has 0 aliphatic rings. The number of rotatable bonds is 8. The van der Waals surface area contributed by atoms with Gasteiger partial charge in [0.1, 0.15) is 0 Å². The van der Waals surface area contributed by atoms with Crippen LogP contribution in [0.2, 0.25) is 0 Å². The Morgan fingerprint density at radius 1 is 0.641 bits per heavy atom. The summed E-state index contributed by atoms with van der Waals surface area (Å²) in [5, 5.41) is 15.4. The van der Waals surface area contributed by atoms with Crippen molar-refractivity contribution in [1.29, 1.82) is 0 Å². The van der Waals surface area contributed by atoms with Crippen LogP contribution in [0.3, 0.4) is 0 Å². The van der Waals surface area contributed by atoms with Gasteiger partial charge in [-0.2, -0.15) is 5.70 Å². The third kappa shape index (κ3) is 10.2. The first-order valence-corrected chi connectivity index (χ1v) is 13.9. The molecule has 4 heteroatoms. The van der Waals surface area contributed by atoms with Crippen LogP contribution in [0.25, 0.3) is 5.32 Å². The summed E-state index contributed by atoms with van der Waals surface area (Å²) < 4.78 is 0. The molecule has 0 saturated heterocycles. The minimum Gasteiger partial charge on any atom is -0.872 e. The van der Waals surface area contributed by atoms with Gasteiger partial charge >= 0.3 is 10.1 Å². The van der Waals surface area contributed by atoms with E-state index in [0.29, 0.717) is 23.7 Å². The zero-order chi connectivity index (χ0) is 28.4. The number of nitrogens with zero attached hydrogens (tertiary/aromatic N) is 1. The molecule has 3 nitrogen and oxygen atoms in total. The Morgan fingerprint density at radius 2 is 1.05 bits per heavy atom. The standard InChI is InChI=1S/C29H41N2.C6H6O.Be/c1-18(2)24-13-11-14-25(19(3)4)28(24)30-22(9)17-23(10)31-29-26(20(5)6)15-12-16-27(29)21(7)8;7-6-4-2-1-3-5-6;/h11-21H,1-10H3;1-5,7H;/q-1;;+2/b22-17-,31-23?;;. The summed E-state index contributed by atoms with van der Waals surface area (Å²) in [5.74, 6) is 1.90. The van der Waals surface area contributed by atoms with Gasteiger partial charge in [-0.05, 0) is 29.7 Å². The van der Waals surface area contributed by atoms with Crippen LogP contribution >= 0.6 is 0 Å². The zero-order valence-corrected chi connectivity index (χ0v) is 25.8. The van der Waals surface area contributed by atoms with E-state index in [9.17, 15) is 5.11 Å². The first kappa shape index (κ1) is 33.9. The largest absolute Gasteiger partial charge is 2.00 e. The Bertz CT molecular complexity index is 1170. The van der Waals surface area contributed by atoms with Gasteiger partial charge in [0, 0.05) is 18.1 Å². The van der Waals surface area contributed by atoms with Crippen LogP contribution in [0.1, 0.15) is 115 Å². The number of hydrogen-bond donors (Lipinski definition) is 1. The summed E-state index contributed by atoms with van der Waals surface area (Å²) in [5.41, 5.74) is 9.88. The smallest absolute Gasteiger partial charge is 0.872 e. The van der Waals surface area contributed by atoms with E-state index in [1.165, 1.54) is 40.1 Å². The molecule has 3 rings (SSSR count). The van der Waals surface area contributed by atoms with Crippen molar-refractivity contribution in [2.75, 3.05) is 0 Å². The van der Waals surface area contributed by atoms with Gasteiger partial charge in [0.05, 0.1) is 0 Å². The maximum absolute atomic E-state index is 10.3. The minimum atomic E-state index is 0. The first-order chi connectivity index (χ1) is 17.9. The van der Waals surface area contributed by atoms with Gasteiger partial charge < -0.3 is 10.4 Å². The van der Waals surface area contributed by atoms with E-state index >= 15 is 0 Å². The van der Waals surface area contributed by atoms with Gasteiger partial charge in [-0.1, -0.05) is 140 Å². The average Bonchev–Trinajstić information content (AvgIpc) is 2.84. The molecule has 0 saturated carbocycles. The van der Waals surface area contributed by atoms with E-state index in [1.807, 2.05) is 6.07 Å². The molecule has 39 heavy (non-hydrogen) atoms. The molecular weight excluding hydrogens is 473 g/mol. The van der Waals surface area contributed by atoms with Crippen molar-refractivity contribution in [3.05, 3.63) is 106 Å². The third-order valence-electron chi connectivity index (χ3n) is 6.49. The Labute approximate surface area is 241 Å². The molecule has 3 aromatic rings. The van der Waals surface area contributed by atoms with Crippen molar-refractivity contribution >= 4 is 27.2 Å². The number of para-hydroxylation sites is 3. The van der Waals surface area contributed by atoms with Crippen LogP contribution in [0.15, 0.2) is 78.5 Å². The summed E-state index contributed by atoms with van der Waals surface area (Å²) in [6.45, 7) is 22.2. The zero-order valence-electron chi connectivity index (χ0n) is 25.8. The molecule has 0 aromatic heterocycles. The van der Waals surface area contributed by atoms with Gasteiger partial charge in [-0.3, -0.25) is 0 Å². The van der Waals surface area contributed by atoms with Crippen LogP contribution in [-0.2, 0) is 0 Å². The SMILES string of the molecule is CC(/C=C(/C)[N-]c1c(C(C)C)cccc1C(C)C)=[NH+]c1c(C(C)C)cccc1C(C)C.[Be+2].[O-]c1ccccc1. The molecule has 0 spiro atoms. The Hall–Kier alpha value is -3.16. The molecule has 0 radical (unpaired) electrons. The van der Waals surface area contributed by atoms with Crippen molar-refractivity contribution in [2.45, 2.75) is 92.9 Å². The molecule has 0 fully saturated rings. The fourth-order valence-electron chi connectivity index (χ4n) is 4.51. The van der Waals surface area contributed by atoms with Gasteiger partial charge in [-0.15, -0.1) is 11.4 Å². The molecule has 204 valence electrons. The molecule has 0 aliphatic heterocycles. The fourth-order valence-corrected chi connectivity index (χ4v) is 4.51. The molecule has 0 bridgehead atoms. The molecular formula is C35H47BeN2O+. The van der Waals surface area contributed by atoms with E-state index < -0.39 is 0 Å². The van der Waals surface area contributed by atoms with E-state index in [-0.39, 0.29) is 15.9 Å². The summed E-state index contributed by atoms with van der Waals surface area (Å²) in [4.78, 5) is 3.71. The molecule has 3 aromatic carbocycles. The van der Waals surface area contributed by atoms with Crippen molar-refractivity contribution in [3.63, 3.8) is 0 Å². The topological polar surface area (TPSA) is 51.1 Å². The van der Waals surface area contributed by atoms with E-state index in [0.717, 1.165) is 17.1 Å². The number of hydrogen-bond acceptors (Lipinski definition) is 1. The molecule has 0 unspecified atom stereocenters. The van der Waals surface area contributed by atoms with E-state index in [1.54, 1.807) is 12.1 Å². The van der Waals surface area contributed by atoms with Crippen molar-refractivity contribution in [3.8, 4) is 5.75 Å².